The molecule has 1 unspecified atom stereocenters. The van der Waals surface area contributed by atoms with Gasteiger partial charge in [0.15, 0.2) is 0 Å². The zero-order chi connectivity index (χ0) is 26.9. The number of amides is 1. The molecule has 1 amide bonds. The summed E-state index contributed by atoms with van der Waals surface area (Å²) in [7, 11) is 0. The number of aromatic nitrogens is 1. The second-order valence-corrected chi connectivity index (χ2v) is 9.99. The molecule has 36 heavy (non-hydrogen) atoms. The van der Waals surface area contributed by atoms with Gasteiger partial charge in [-0.15, -0.1) is 0 Å². The van der Waals surface area contributed by atoms with Crippen LogP contribution in [0, 0.1) is 23.5 Å². The van der Waals surface area contributed by atoms with E-state index in [-0.39, 0.29) is 6.42 Å². The second-order valence-electron chi connectivity index (χ2n) is 9.14. The molecular weight excluding hydrogens is 534 g/mol. The SMILES string of the molecule is CC.CC(C)(C)OC(=O)NC(Cc1cc(F)cc(F)c1)c1nc(C#CC2(O)CCOCC2)ccc1Br. The van der Waals surface area contributed by atoms with Crippen LogP contribution in [0.1, 0.15) is 70.5 Å². The number of nitrogens with zero attached hydrogens (tertiary/aromatic N) is 1. The van der Waals surface area contributed by atoms with Gasteiger partial charge in [0.1, 0.15) is 28.5 Å². The number of aliphatic hydroxyl groups is 1. The molecule has 1 aliphatic rings. The molecule has 1 saturated heterocycles. The molecule has 196 valence electrons. The summed E-state index contributed by atoms with van der Waals surface area (Å²) in [5.74, 6) is 4.33. The first-order chi connectivity index (χ1) is 16.9. The minimum absolute atomic E-state index is 0.0533. The third-order valence-electron chi connectivity index (χ3n) is 5.00. The van der Waals surface area contributed by atoms with E-state index in [9.17, 15) is 18.7 Å². The van der Waals surface area contributed by atoms with Gasteiger partial charge in [-0.2, -0.15) is 0 Å². The number of nitrogens with one attached hydrogen (secondary N) is 1. The Balaban J connectivity index is 0.00000222. The fraction of sp³-hybridized carbons (Fsp3) is 0.481. The Morgan fingerprint density at radius 1 is 1.22 bits per heavy atom. The van der Waals surface area contributed by atoms with Gasteiger partial charge in [0.05, 0.1) is 24.9 Å². The van der Waals surface area contributed by atoms with Crippen molar-refractivity contribution in [2.75, 3.05) is 13.2 Å². The summed E-state index contributed by atoms with van der Waals surface area (Å²) in [5.41, 5.74) is -0.780. The van der Waals surface area contributed by atoms with E-state index in [0.717, 1.165) is 6.07 Å². The smallest absolute Gasteiger partial charge is 0.408 e. The van der Waals surface area contributed by atoms with Crippen LogP contribution in [0.5, 0.6) is 0 Å². The molecule has 1 atom stereocenters. The van der Waals surface area contributed by atoms with Crippen LogP contribution in [-0.2, 0) is 15.9 Å². The topological polar surface area (TPSA) is 80.7 Å². The van der Waals surface area contributed by atoms with Crippen molar-refractivity contribution < 1.29 is 28.2 Å². The van der Waals surface area contributed by atoms with E-state index in [0.29, 0.717) is 47.5 Å². The van der Waals surface area contributed by atoms with Crippen LogP contribution in [0.25, 0.3) is 0 Å². The lowest BCUT2D eigenvalue weighted by molar-refractivity contribution is -0.0262. The standard InChI is InChI=1S/C25H27BrF2N2O4.C2H6/c1-24(2,3)34-23(31)30-21(14-16-12-17(27)15-18(28)13-16)22-20(26)5-4-19(29-22)6-7-25(32)8-10-33-11-9-25;1-2/h4-5,12-13,15,21,32H,8-11,14H2,1-3H3,(H,30,31);1-2H3. The lowest BCUT2D eigenvalue weighted by atomic mass is 9.95. The van der Waals surface area contributed by atoms with Gasteiger partial charge in [0.2, 0.25) is 0 Å². The predicted octanol–water partition coefficient (Wildman–Crippen LogP) is 5.85. The first-order valence-corrected chi connectivity index (χ1v) is 12.7. The number of carbonyl (C=O) groups is 1. The summed E-state index contributed by atoms with van der Waals surface area (Å²) in [6.45, 7) is 10.0. The van der Waals surface area contributed by atoms with Crippen molar-refractivity contribution in [2.45, 2.75) is 71.1 Å². The van der Waals surface area contributed by atoms with Crippen molar-refractivity contribution in [2.24, 2.45) is 0 Å². The first kappa shape index (κ1) is 29.7. The summed E-state index contributed by atoms with van der Waals surface area (Å²) >= 11 is 3.45. The third kappa shape index (κ3) is 9.49. The summed E-state index contributed by atoms with van der Waals surface area (Å²) < 4.78 is 38.8. The van der Waals surface area contributed by atoms with Gasteiger partial charge < -0.3 is 19.9 Å². The molecule has 0 saturated carbocycles. The van der Waals surface area contributed by atoms with Crippen molar-refractivity contribution in [3.8, 4) is 11.8 Å². The highest BCUT2D eigenvalue weighted by Crippen LogP contribution is 2.27. The Hall–Kier alpha value is -2.54. The number of carbonyl (C=O) groups excluding carboxylic acids is 1. The Kier molecular flexibility index (Phi) is 10.8. The normalized spacial score (nSPS) is 15.5. The fourth-order valence-corrected chi connectivity index (χ4v) is 3.91. The molecule has 0 radical (unpaired) electrons. The van der Waals surface area contributed by atoms with Crippen molar-refractivity contribution in [3.05, 3.63) is 63.4 Å². The molecule has 1 aromatic heterocycles. The minimum Gasteiger partial charge on any atom is -0.444 e. The van der Waals surface area contributed by atoms with Gasteiger partial charge in [-0.3, -0.25) is 0 Å². The number of hydrogen-bond donors (Lipinski definition) is 2. The molecule has 2 N–H and O–H groups in total. The van der Waals surface area contributed by atoms with Gasteiger partial charge in [-0.25, -0.2) is 18.6 Å². The van der Waals surface area contributed by atoms with Crippen LogP contribution in [0.15, 0.2) is 34.8 Å². The number of ether oxygens (including phenoxy) is 2. The molecule has 0 aliphatic carbocycles. The van der Waals surface area contributed by atoms with E-state index in [4.69, 9.17) is 9.47 Å². The summed E-state index contributed by atoms with van der Waals surface area (Å²) in [4.78, 5) is 17.1. The van der Waals surface area contributed by atoms with E-state index in [1.807, 2.05) is 13.8 Å². The highest BCUT2D eigenvalue weighted by Gasteiger charge is 2.28. The molecule has 3 rings (SSSR count). The minimum atomic E-state index is -1.15. The molecule has 1 aliphatic heterocycles. The fourth-order valence-electron chi connectivity index (χ4n) is 3.42. The Morgan fingerprint density at radius 2 is 1.83 bits per heavy atom. The third-order valence-corrected chi connectivity index (χ3v) is 5.67. The Bertz CT molecular complexity index is 1080. The average molecular weight is 567 g/mol. The zero-order valence-corrected chi connectivity index (χ0v) is 22.8. The van der Waals surface area contributed by atoms with Crippen LogP contribution in [-0.4, -0.2) is 40.6 Å². The number of alkyl carbamates (subject to hydrolysis) is 1. The quantitative estimate of drug-likeness (QED) is 0.454. The predicted molar refractivity (Wildman–Crippen MR) is 137 cm³/mol. The van der Waals surface area contributed by atoms with E-state index in [1.54, 1.807) is 32.9 Å². The lowest BCUT2D eigenvalue weighted by Gasteiger charge is -2.26. The molecule has 9 heteroatoms. The number of halogens is 3. The molecular formula is C27H33BrF2N2O4. The number of benzene rings is 1. The lowest BCUT2D eigenvalue weighted by Crippen LogP contribution is -2.36. The Morgan fingerprint density at radius 3 is 2.42 bits per heavy atom. The number of rotatable bonds is 4. The molecule has 2 aromatic rings. The van der Waals surface area contributed by atoms with E-state index < -0.39 is 35.0 Å². The van der Waals surface area contributed by atoms with Gasteiger partial charge in [-0.1, -0.05) is 19.8 Å². The van der Waals surface area contributed by atoms with Crippen molar-refractivity contribution >= 4 is 22.0 Å². The second kappa shape index (κ2) is 13.1. The average Bonchev–Trinajstić information content (AvgIpc) is 2.78. The van der Waals surface area contributed by atoms with E-state index in [2.05, 4.69) is 38.1 Å². The monoisotopic (exact) mass is 566 g/mol. The van der Waals surface area contributed by atoms with Crippen molar-refractivity contribution in [1.29, 1.82) is 0 Å². The number of hydrogen-bond acceptors (Lipinski definition) is 5. The maximum absolute atomic E-state index is 13.8. The largest absolute Gasteiger partial charge is 0.444 e. The molecule has 6 nitrogen and oxygen atoms in total. The van der Waals surface area contributed by atoms with Gasteiger partial charge in [-0.05, 0) is 78.9 Å². The van der Waals surface area contributed by atoms with Gasteiger partial charge >= 0.3 is 6.09 Å². The van der Waals surface area contributed by atoms with Crippen molar-refractivity contribution in [1.82, 2.24) is 10.3 Å². The van der Waals surface area contributed by atoms with Crippen LogP contribution >= 0.6 is 15.9 Å². The maximum Gasteiger partial charge on any atom is 0.408 e. The highest BCUT2D eigenvalue weighted by atomic mass is 79.9. The maximum atomic E-state index is 13.8. The molecule has 0 bridgehead atoms. The van der Waals surface area contributed by atoms with Gasteiger partial charge in [0, 0.05) is 23.4 Å². The summed E-state index contributed by atoms with van der Waals surface area (Å²) in [6.07, 6.45) is 0.155. The summed E-state index contributed by atoms with van der Waals surface area (Å²) in [6, 6.07) is 5.80. The van der Waals surface area contributed by atoms with Crippen LogP contribution in [0.3, 0.4) is 0 Å². The molecule has 0 spiro atoms. The molecule has 1 fully saturated rings. The highest BCUT2D eigenvalue weighted by molar-refractivity contribution is 9.10. The van der Waals surface area contributed by atoms with Gasteiger partial charge in [0.25, 0.3) is 0 Å². The molecule has 2 heterocycles. The van der Waals surface area contributed by atoms with Crippen LogP contribution < -0.4 is 5.32 Å². The van der Waals surface area contributed by atoms with Crippen LogP contribution in [0.2, 0.25) is 0 Å². The number of pyridine rings is 1. The Labute approximate surface area is 219 Å². The van der Waals surface area contributed by atoms with E-state index >= 15 is 0 Å². The molecule has 1 aromatic carbocycles. The van der Waals surface area contributed by atoms with Crippen molar-refractivity contribution in [3.63, 3.8) is 0 Å². The summed E-state index contributed by atoms with van der Waals surface area (Å²) in [5, 5.41) is 13.3. The zero-order valence-electron chi connectivity index (χ0n) is 21.3. The van der Waals surface area contributed by atoms with E-state index in [1.165, 1.54) is 12.1 Å². The van der Waals surface area contributed by atoms with Crippen LogP contribution in [0.4, 0.5) is 13.6 Å². The first-order valence-electron chi connectivity index (χ1n) is 11.9.